The predicted molar refractivity (Wildman–Crippen MR) is 91.4 cm³/mol. The van der Waals surface area contributed by atoms with E-state index in [0.29, 0.717) is 17.1 Å². The van der Waals surface area contributed by atoms with Gasteiger partial charge in [-0.15, -0.1) is 0 Å². The van der Waals surface area contributed by atoms with E-state index < -0.39 is 5.97 Å². The number of fused-ring (bicyclic) bond motifs is 1. The Labute approximate surface area is 135 Å². The Hall–Kier alpha value is -2.81. The number of benzene rings is 3. The number of hydrogen-bond donors (Lipinski definition) is 0. The smallest absolute Gasteiger partial charge is 0.347 e. The second-order valence-corrected chi connectivity index (χ2v) is 5.54. The molecule has 0 saturated carbocycles. The van der Waals surface area contributed by atoms with E-state index in [0.717, 1.165) is 21.9 Å². The topological polar surface area (TPSA) is 35.5 Å². The number of esters is 1. The van der Waals surface area contributed by atoms with E-state index in [1.165, 1.54) is 0 Å². The first-order chi connectivity index (χ1) is 11.1. The average Bonchev–Trinajstić information content (AvgIpc) is 2.57. The lowest BCUT2D eigenvalue weighted by molar-refractivity contribution is 0.0731. The fraction of sp³-hybridized carbons (Fsp3) is 0.150. The van der Waals surface area contributed by atoms with Gasteiger partial charge in [0.1, 0.15) is 17.1 Å². The highest BCUT2D eigenvalue weighted by molar-refractivity contribution is 5.99. The number of hydrogen-bond acceptors (Lipinski definition) is 3. The lowest BCUT2D eigenvalue weighted by Gasteiger charge is -2.11. The highest BCUT2D eigenvalue weighted by atomic mass is 16.5. The van der Waals surface area contributed by atoms with Gasteiger partial charge in [-0.2, -0.15) is 0 Å². The molecule has 0 fully saturated rings. The molecule has 0 aromatic heterocycles. The monoisotopic (exact) mass is 306 g/mol. The second kappa shape index (κ2) is 6.13. The van der Waals surface area contributed by atoms with Crippen LogP contribution in [0.2, 0.25) is 0 Å². The minimum absolute atomic E-state index is 0.421. The molecule has 0 saturated heterocycles. The van der Waals surface area contributed by atoms with Crippen molar-refractivity contribution in [2.24, 2.45) is 0 Å². The van der Waals surface area contributed by atoms with Crippen LogP contribution in [0.3, 0.4) is 0 Å². The lowest BCUT2D eigenvalue weighted by atomic mass is 10.1. The van der Waals surface area contributed by atoms with Crippen LogP contribution in [0.5, 0.6) is 11.5 Å². The maximum Gasteiger partial charge on any atom is 0.347 e. The number of carbonyl (C=O) groups is 1. The molecule has 0 atom stereocenters. The molecule has 0 aliphatic carbocycles. The number of ether oxygens (including phenoxy) is 2. The molecule has 23 heavy (non-hydrogen) atoms. The minimum atomic E-state index is -0.421. The fourth-order valence-electron chi connectivity index (χ4n) is 2.49. The molecule has 0 aliphatic heterocycles. The summed E-state index contributed by atoms with van der Waals surface area (Å²) in [5, 5.41) is 1.99. The van der Waals surface area contributed by atoms with Crippen molar-refractivity contribution in [1.82, 2.24) is 0 Å². The summed E-state index contributed by atoms with van der Waals surface area (Å²) < 4.78 is 10.9. The third kappa shape index (κ3) is 3.04. The van der Waals surface area contributed by atoms with Gasteiger partial charge in [-0.1, -0.05) is 30.3 Å². The molecule has 116 valence electrons. The molecule has 3 aromatic rings. The summed E-state index contributed by atoms with van der Waals surface area (Å²) in [6.45, 7) is 4.01. The van der Waals surface area contributed by atoms with E-state index in [1.807, 2.05) is 56.3 Å². The molecule has 0 bridgehead atoms. The van der Waals surface area contributed by atoms with Crippen LogP contribution in [0.15, 0.2) is 54.6 Å². The molecule has 0 amide bonds. The van der Waals surface area contributed by atoms with Crippen LogP contribution in [0, 0.1) is 13.8 Å². The van der Waals surface area contributed by atoms with E-state index in [4.69, 9.17) is 9.47 Å². The Morgan fingerprint density at radius 3 is 2.22 bits per heavy atom. The van der Waals surface area contributed by atoms with Crippen LogP contribution < -0.4 is 9.47 Å². The maximum absolute atomic E-state index is 12.5. The van der Waals surface area contributed by atoms with E-state index in [9.17, 15) is 4.79 Å². The summed E-state index contributed by atoms with van der Waals surface area (Å²) in [7, 11) is 1.55. The minimum Gasteiger partial charge on any atom is -0.496 e. The van der Waals surface area contributed by atoms with Crippen molar-refractivity contribution in [2.45, 2.75) is 13.8 Å². The van der Waals surface area contributed by atoms with Gasteiger partial charge in [0.15, 0.2) is 0 Å². The lowest BCUT2D eigenvalue weighted by Crippen LogP contribution is -2.10. The number of aryl methyl sites for hydroxylation is 2. The molecule has 3 heteroatoms. The zero-order valence-corrected chi connectivity index (χ0v) is 13.4. The van der Waals surface area contributed by atoms with E-state index in [2.05, 4.69) is 0 Å². The average molecular weight is 306 g/mol. The summed E-state index contributed by atoms with van der Waals surface area (Å²) >= 11 is 0. The standard InChI is InChI=1S/C20H18O3/c1-13-8-9-17(10-14(13)2)23-20(21)18-11-15-6-4-5-7-16(15)12-19(18)22-3/h4-12H,1-3H3. The highest BCUT2D eigenvalue weighted by Gasteiger charge is 2.16. The third-order valence-electron chi connectivity index (χ3n) is 3.98. The van der Waals surface area contributed by atoms with Crippen molar-refractivity contribution in [3.05, 3.63) is 71.3 Å². The molecular weight excluding hydrogens is 288 g/mol. The predicted octanol–water partition coefficient (Wildman–Crippen LogP) is 4.68. The normalized spacial score (nSPS) is 10.6. The van der Waals surface area contributed by atoms with E-state index in [1.54, 1.807) is 19.2 Å². The number of methoxy groups -OCH3 is 1. The molecule has 0 unspecified atom stereocenters. The summed E-state index contributed by atoms with van der Waals surface area (Å²) in [6.07, 6.45) is 0. The third-order valence-corrected chi connectivity index (χ3v) is 3.98. The molecule has 0 N–H and O–H groups in total. The molecule has 3 nitrogen and oxygen atoms in total. The van der Waals surface area contributed by atoms with Gasteiger partial charge in [0, 0.05) is 0 Å². The van der Waals surface area contributed by atoms with Crippen LogP contribution in [-0.2, 0) is 0 Å². The highest BCUT2D eigenvalue weighted by Crippen LogP contribution is 2.27. The fourth-order valence-corrected chi connectivity index (χ4v) is 2.49. The molecule has 0 spiro atoms. The van der Waals surface area contributed by atoms with Gasteiger partial charge in [0.2, 0.25) is 0 Å². The number of carbonyl (C=O) groups excluding carboxylic acids is 1. The van der Waals surface area contributed by atoms with Gasteiger partial charge in [0.05, 0.1) is 7.11 Å². The van der Waals surface area contributed by atoms with Crippen LogP contribution in [0.1, 0.15) is 21.5 Å². The summed E-state index contributed by atoms with van der Waals surface area (Å²) in [5.74, 6) is 0.627. The summed E-state index contributed by atoms with van der Waals surface area (Å²) in [5.41, 5.74) is 2.67. The molecular formula is C20H18O3. The Morgan fingerprint density at radius 2 is 1.57 bits per heavy atom. The van der Waals surface area contributed by atoms with Crippen LogP contribution in [-0.4, -0.2) is 13.1 Å². The van der Waals surface area contributed by atoms with Gasteiger partial charge >= 0.3 is 5.97 Å². The van der Waals surface area contributed by atoms with Crippen molar-refractivity contribution < 1.29 is 14.3 Å². The Morgan fingerprint density at radius 1 is 0.870 bits per heavy atom. The van der Waals surface area contributed by atoms with Gasteiger partial charge in [-0.25, -0.2) is 4.79 Å². The van der Waals surface area contributed by atoms with Crippen molar-refractivity contribution in [1.29, 1.82) is 0 Å². The van der Waals surface area contributed by atoms with Gasteiger partial charge < -0.3 is 9.47 Å². The van der Waals surface area contributed by atoms with Gasteiger partial charge in [-0.3, -0.25) is 0 Å². The maximum atomic E-state index is 12.5. The molecule has 3 aromatic carbocycles. The van der Waals surface area contributed by atoms with Gasteiger partial charge in [0.25, 0.3) is 0 Å². The van der Waals surface area contributed by atoms with Crippen molar-refractivity contribution in [2.75, 3.05) is 7.11 Å². The first kappa shape index (κ1) is 15.1. The molecule has 0 radical (unpaired) electrons. The van der Waals surface area contributed by atoms with Crippen molar-refractivity contribution >= 4 is 16.7 Å². The molecule has 0 aliphatic rings. The first-order valence-corrected chi connectivity index (χ1v) is 7.44. The van der Waals surface area contributed by atoms with E-state index in [-0.39, 0.29) is 0 Å². The largest absolute Gasteiger partial charge is 0.496 e. The Balaban J connectivity index is 1.97. The number of rotatable bonds is 3. The van der Waals surface area contributed by atoms with Crippen LogP contribution in [0.25, 0.3) is 10.8 Å². The summed E-state index contributed by atoms with van der Waals surface area (Å²) in [4.78, 5) is 12.5. The molecule has 3 rings (SSSR count). The zero-order valence-electron chi connectivity index (χ0n) is 13.4. The zero-order chi connectivity index (χ0) is 16.4. The SMILES string of the molecule is COc1cc2ccccc2cc1C(=O)Oc1ccc(C)c(C)c1. The first-order valence-electron chi connectivity index (χ1n) is 7.44. The van der Waals surface area contributed by atoms with Crippen molar-refractivity contribution in [3.8, 4) is 11.5 Å². The van der Waals surface area contributed by atoms with Gasteiger partial charge in [-0.05, 0) is 60.0 Å². The molecule has 0 heterocycles. The second-order valence-electron chi connectivity index (χ2n) is 5.54. The Kier molecular flexibility index (Phi) is 4.02. The van der Waals surface area contributed by atoms with Crippen molar-refractivity contribution in [3.63, 3.8) is 0 Å². The van der Waals surface area contributed by atoms with E-state index >= 15 is 0 Å². The van der Waals surface area contributed by atoms with Crippen LogP contribution in [0.4, 0.5) is 0 Å². The quantitative estimate of drug-likeness (QED) is 0.520. The summed E-state index contributed by atoms with van der Waals surface area (Å²) in [6, 6.07) is 17.1. The Bertz CT molecular complexity index is 881. The van der Waals surface area contributed by atoms with Crippen LogP contribution >= 0.6 is 0 Å².